The number of carbonyl (C=O) groups excluding carboxylic acids is 1. The summed E-state index contributed by atoms with van der Waals surface area (Å²) in [7, 11) is 0.185. The molecule has 166 valence electrons. The molecule has 0 aliphatic carbocycles. The summed E-state index contributed by atoms with van der Waals surface area (Å²) in [6.45, 7) is 1.75. The van der Waals surface area contributed by atoms with Crippen LogP contribution >= 0.6 is 31.0 Å². The van der Waals surface area contributed by atoms with Gasteiger partial charge in [0.1, 0.15) is 22.8 Å². The van der Waals surface area contributed by atoms with Gasteiger partial charge in [0.05, 0.1) is 31.0 Å². The summed E-state index contributed by atoms with van der Waals surface area (Å²) in [4.78, 5) is 14.1. The highest BCUT2D eigenvalue weighted by Gasteiger charge is 2.44. The molecule has 0 saturated carbocycles. The van der Waals surface area contributed by atoms with Crippen molar-refractivity contribution < 1.29 is 23.6 Å². The number of thiocarbonyl (C=S) groups is 1. The predicted octanol–water partition coefficient (Wildman–Crippen LogP) is 5.88. The van der Waals surface area contributed by atoms with Gasteiger partial charge < -0.3 is 18.8 Å². The van der Waals surface area contributed by atoms with Gasteiger partial charge in [-0.2, -0.15) is 0 Å². The van der Waals surface area contributed by atoms with Crippen LogP contribution in [-0.4, -0.2) is 31.5 Å². The van der Waals surface area contributed by atoms with E-state index in [0.29, 0.717) is 16.9 Å². The number of rotatable bonds is 8. The number of carbonyl (C=O) groups is 1. The second-order valence-electron chi connectivity index (χ2n) is 6.90. The third-order valence-electron chi connectivity index (χ3n) is 5.03. The molecule has 0 fully saturated rings. The van der Waals surface area contributed by atoms with E-state index in [0.717, 1.165) is 0 Å². The fraction of sp³-hybridized carbons (Fsp3) is 0.167. The van der Waals surface area contributed by atoms with E-state index in [1.807, 2.05) is 6.07 Å². The van der Waals surface area contributed by atoms with Crippen molar-refractivity contribution >= 4 is 46.4 Å². The van der Waals surface area contributed by atoms with Crippen LogP contribution in [-0.2, 0) is 4.57 Å². The van der Waals surface area contributed by atoms with Crippen LogP contribution in [0.1, 0.15) is 21.5 Å². The fourth-order valence-electron chi connectivity index (χ4n) is 3.45. The lowest BCUT2D eigenvalue weighted by atomic mass is 10.2. The van der Waals surface area contributed by atoms with E-state index in [-0.39, 0.29) is 32.0 Å². The van der Waals surface area contributed by atoms with E-state index in [9.17, 15) is 9.36 Å². The summed E-state index contributed by atoms with van der Waals surface area (Å²) in [6, 6.07) is 16.9. The molecule has 1 atom stereocenters. The molecule has 0 aromatic heterocycles. The van der Waals surface area contributed by atoms with Gasteiger partial charge in [-0.3, -0.25) is 4.79 Å². The minimum absolute atomic E-state index is 0.0109. The fourth-order valence-corrected chi connectivity index (χ4v) is 7.28. The van der Waals surface area contributed by atoms with E-state index >= 15 is 0 Å². The number of ether oxygens (including phenoxy) is 3. The summed E-state index contributed by atoms with van der Waals surface area (Å²) >= 11 is 12.2. The maximum atomic E-state index is 14.8. The molecule has 5 nitrogen and oxygen atoms in total. The van der Waals surface area contributed by atoms with Crippen molar-refractivity contribution in [1.29, 1.82) is 0 Å². The van der Waals surface area contributed by atoms with Gasteiger partial charge in [-0.15, -0.1) is 0 Å². The highest BCUT2D eigenvalue weighted by Crippen LogP contribution is 2.56. The lowest BCUT2D eigenvalue weighted by Crippen LogP contribution is -2.23. The molecule has 8 heteroatoms. The van der Waals surface area contributed by atoms with Crippen LogP contribution in [0, 0.1) is 6.92 Å². The van der Waals surface area contributed by atoms with Gasteiger partial charge in [0.25, 0.3) is 0 Å². The maximum Gasteiger partial charge on any atom is 0.238 e. The first-order chi connectivity index (χ1) is 15.3. The Labute approximate surface area is 197 Å². The molecule has 0 amide bonds. The third kappa shape index (κ3) is 4.18. The summed E-state index contributed by atoms with van der Waals surface area (Å²) < 4.78 is 31.0. The Balaban J connectivity index is 2.37. The Morgan fingerprint density at radius 1 is 0.906 bits per heavy atom. The minimum Gasteiger partial charge on any atom is -0.496 e. The summed E-state index contributed by atoms with van der Waals surface area (Å²) in [5, 5.41) is 0.409. The topological polar surface area (TPSA) is 61.8 Å². The van der Waals surface area contributed by atoms with Crippen LogP contribution in [0.3, 0.4) is 0 Å². The Kier molecular flexibility index (Phi) is 7.40. The molecule has 0 N–H and O–H groups in total. The van der Waals surface area contributed by atoms with Crippen molar-refractivity contribution in [2.45, 2.75) is 6.92 Å². The van der Waals surface area contributed by atoms with Crippen LogP contribution in [0.15, 0.2) is 60.7 Å². The molecule has 3 rings (SSSR count). The van der Waals surface area contributed by atoms with Crippen molar-refractivity contribution in [3.63, 3.8) is 0 Å². The van der Waals surface area contributed by atoms with Crippen LogP contribution < -0.4 is 19.5 Å². The third-order valence-corrected chi connectivity index (χ3v) is 9.33. The summed E-state index contributed by atoms with van der Waals surface area (Å²) in [6.07, 6.45) is 0. The van der Waals surface area contributed by atoms with Gasteiger partial charge in [0, 0.05) is 17.4 Å². The van der Waals surface area contributed by atoms with Crippen molar-refractivity contribution in [2.75, 3.05) is 21.3 Å². The van der Waals surface area contributed by atoms with Crippen molar-refractivity contribution in [1.82, 2.24) is 0 Å². The Hall–Kier alpha value is -2.66. The molecule has 0 aliphatic heterocycles. The largest absolute Gasteiger partial charge is 0.496 e. The first-order valence-electron chi connectivity index (χ1n) is 9.60. The Morgan fingerprint density at radius 3 is 2.00 bits per heavy atom. The molecule has 0 radical (unpaired) electrons. The zero-order chi connectivity index (χ0) is 23.5. The predicted molar refractivity (Wildman–Crippen MR) is 132 cm³/mol. The molecule has 0 heterocycles. The first-order valence-corrected chi connectivity index (χ1v) is 12.1. The van der Waals surface area contributed by atoms with E-state index in [1.54, 1.807) is 49.4 Å². The molecule has 3 aromatic rings. The minimum atomic E-state index is -4.12. The summed E-state index contributed by atoms with van der Waals surface area (Å²) in [5.74, 6) is 0.739. The normalized spacial score (nSPS) is 12.5. The highest BCUT2D eigenvalue weighted by atomic mass is 35.5. The van der Waals surface area contributed by atoms with E-state index in [2.05, 4.69) is 0 Å². The van der Waals surface area contributed by atoms with Gasteiger partial charge in [-0.1, -0.05) is 66.3 Å². The number of hydrogen-bond donors (Lipinski definition) is 0. The molecular formula is C24H22ClO5PS. The standard InChI is InChI=1S/C24H22ClO5PS/c1-15-9-8-12-18(25)22(15)31(27,24(32)16-10-6-5-7-11-16)23(26)21-19(29-3)13-17(28-2)14-20(21)30-4/h5-14H,1-4H3. The maximum absolute atomic E-state index is 14.8. The van der Waals surface area contributed by atoms with Crippen LogP contribution in [0.4, 0.5) is 0 Å². The molecule has 3 aromatic carbocycles. The first kappa shape index (κ1) is 24.0. The molecule has 0 aliphatic rings. The molecule has 0 saturated heterocycles. The number of halogens is 1. The second kappa shape index (κ2) is 9.86. The van der Waals surface area contributed by atoms with Gasteiger partial charge in [-0.05, 0) is 24.1 Å². The molecule has 0 bridgehead atoms. The lowest BCUT2D eigenvalue weighted by molar-refractivity contribution is 0.107. The highest BCUT2D eigenvalue weighted by molar-refractivity contribution is 8.13. The van der Waals surface area contributed by atoms with E-state index in [4.69, 9.17) is 38.0 Å². The van der Waals surface area contributed by atoms with Crippen LogP contribution in [0.5, 0.6) is 17.2 Å². The van der Waals surface area contributed by atoms with Gasteiger partial charge in [0.15, 0.2) is 0 Å². The van der Waals surface area contributed by atoms with Crippen LogP contribution in [0.25, 0.3) is 0 Å². The molecule has 32 heavy (non-hydrogen) atoms. The van der Waals surface area contributed by atoms with Gasteiger partial charge in [0.2, 0.25) is 12.7 Å². The van der Waals surface area contributed by atoms with E-state index < -0.39 is 12.7 Å². The number of hydrogen-bond acceptors (Lipinski definition) is 6. The van der Waals surface area contributed by atoms with Crippen molar-refractivity contribution in [2.24, 2.45) is 0 Å². The summed E-state index contributed by atoms with van der Waals surface area (Å²) in [5.41, 5.74) is 0.388. The Bertz CT molecular complexity index is 1180. The van der Waals surface area contributed by atoms with Crippen molar-refractivity contribution in [3.8, 4) is 17.2 Å². The average molecular weight is 489 g/mol. The smallest absolute Gasteiger partial charge is 0.238 e. The zero-order valence-electron chi connectivity index (χ0n) is 18.0. The monoisotopic (exact) mass is 488 g/mol. The van der Waals surface area contributed by atoms with Crippen LogP contribution in [0.2, 0.25) is 5.02 Å². The molecule has 1 unspecified atom stereocenters. The molecular weight excluding hydrogens is 467 g/mol. The lowest BCUT2D eigenvalue weighted by Gasteiger charge is -2.24. The van der Waals surface area contributed by atoms with Gasteiger partial charge >= 0.3 is 0 Å². The SMILES string of the molecule is COc1cc(OC)c(C(=O)P(=O)(C(=S)c2ccccc2)c2c(C)cccc2Cl)c(OC)c1. The average Bonchev–Trinajstić information content (AvgIpc) is 2.82. The Morgan fingerprint density at radius 2 is 1.50 bits per heavy atom. The number of benzene rings is 3. The van der Waals surface area contributed by atoms with Gasteiger partial charge in [-0.25, -0.2) is 0 Å². The number of aryl methyl sites for hydroxylation is 1. The quantitative estimate of drug-likeness (QED) is 0.291. The molecule has 0 spiro atoms. The zero-order valence-corrected chi connectivity index (χ0v) is 20.5. The van der Waals surface area contributed by atoms with Crippen molar-refractivity contribution in [3.05, 3.63) is 82.4 Å². The second-order valence-corrected chi connectivity index (χ2v) is 10.5. The number of methoxy groups -OCH3 is 3. The van der Waals surface area contributed by atoms with E-state index in [1.165, 1.54) is 33.5 Å².